The Morgan fingerprint density at radius 3 is 2.25 bits per heavy atom. The molecule has 180 valence electrons. The molecule has 2 aliphatic rings. The minimum absolute atomic E-state index is 0.220. The monoisotopic (exact) mass is 457 g/mol. The van der Waals surface area contributed by atoms with Gasteiger partial charge in [0, 0.05) is 43.0 Å². The van der Waals surface area contributed by atoms with Crippen molar-refractivity contribution in [3.63, 3.8) is 0 Å². The van der Waals surface area contributed by atoms with Crippen LogP contribution >= 0.6 is 0 Å². The van der Waals surface area contributed by atoms with Crippen LogP contribution in [0.15, 0.2) is 24.3 Å². The number of alkyl halides is 3. The Bertz CT molecular complexity index is 781. The predicted molar refractivity (Wildman–Crippen MR) is 117 cm³/mol. The van der Waals surface area contributed by atoms with Gasteiger partial charge in [0.25, 0.3) is 0 Å². The number of hydrogen-bond donors (Lipinski definition) is 1. The van der Waals surface area contributed by atoms with Gasteiger partial charge in [-0.1, -0.05) is 18.2 Å². The molecule has 6 nitrogen and oxygen atoms in total. The zero-order valence-corrected chi connectivity index (χ0v) is 19.3. The highest BCUT2D eigenvalue weighted by atomic mass is 19.4. The third kappa shape index (κ3) is 6.28. The average molecular weight is 458 g/mol. The van der Waals surface area contributed by atoms with Crippen molar-refractivity contribution in [1.29, 1.82) is 0 Å². The Balaban J connectivity index is 1.76. The number of likely N-dealkylation sites (tertiary alicyclic amines) is 1. The van der Waals surface area contributed by atoms with Gasteiger partial charge in [0.05, 0.1) is 13.2 Å². The number of hydrogen-bond acceptors (Lipinski definition) is 5. The lowest BCUT2D eigenvalue weighted by molar-refractivity contribution is -0.164. The van der Waals surface area contributed by atoms with Crippen LogP contribution in [0.2, 0.25) is 0 Å². The van der Waals surface area contributed by atoms with Crippen LogP contribution in [0.25, 0.3) is 0 Å². The van der Waals surface area contributed by atoms with E-state index in [-0.39, 0.29) is 5.56 Å². The number of ether oxygens (including phenoxy) is 2. The normalized spacial score (nSPS) is 20.7. The van der Waals surface area contributed by atoms with Crippen LogP contribution in [0, 0.1) is 0 Å². The zero-order valence-electron chi connectivity index (χ0n) is 19.3. The van der Waals surface area contributed by atoms with Crippen molar-refractivity contribution in [2.75, 3.05) is 44.3 Å². The lowest BCUT2D eigenvalue weighted by Crippen LogP contribution is -2.56. The van der Waals surface area contributed by atoms with Crippen molar-refractivity contribution < 1.29 is 27.4 Å². The molecule has 0 radical (unpaired) electrons. The number of carbonyl (C=O) groups is 1. The standard InChI is InChI=1S/C23H34F3N3O3/c1-21(2,3)32-20(30)29-11-9-22(4,10-12-29)27-19(23(24,25)26)17-7-5-6-8-18(17)28-13-15-31-16-14-28/h5-8,19,27H,9-16H2,1-4H3. The SMILES string of the molecule is CC1(NC(c2ccccc2N2CCOCC2)C(F)(F)F)CCN(C(=O)OC(C)(C)C)CC1. The van der Waals surface area contributed by atoms with E-state index in [1.807, 2.05) is 4.90 Å². The third-order valence-corrected chi connectivity index (χ3v) is 5.94. The summed E-state index contributed by atoms with van der Waals surface area (Å²) in [5.41, 5.74) is -0.574. The fourth-order valence-corrected chi connectivity index (χ4v) is 4.16. The van der Waals surface area contributed by atoms with E-state index >= 15 is 0 Å². The van der Waals surface area contributed by atoms with E-state index in [2.05, 4.69) is 5.32 Å². The van der Waals surface area contributed by atoms with Gasteiger partial charge in [-0.05, 0) is 46.6 Å². The van der Waals surface area contributed by atoms with Crippen LogP contribution in [0.4, 0.5) is 23.7 Å². The number of piperidine rings is 1. The maximum atomic E-state index is 14.3. The molecule has 2 aliphatic heterocycles. The van der Waals surface area contributed by atoms with Gasteiger partial charge in [-0.2, -0.15) is 13.2 Å². The van der Waals surface area contributed by atoms with Crippen LogP contribution in [-0.2, 0) is 9.47 Å². The molecule has 0 spiro atoms. The number of carbonyl (C=O) groups excluding carboxylic acids is 1. The first-order valence-electron chi connectivity index (χ1n) is 11.1. The summed E-state index contributed by atoms with van der Waals surface area (Å²) in [6, 6.07) is 4.90. The Labute approximate surface area is 188 Å². The van der Waals surface area contributed by atoms with Crippen molar-refractivity contribution in [1.82, 2.24) is 10.2 Å². The van der Waals surface area contributed by atoms with E-state index in [9.17, 15) is 18.0 Å². The van der Waals surface area contributed by atoms with E-state index in [0.717, 1.165) is 0 Å². The molecule has 1 N–H and O–H groups in total. The van der Waals surface area contributed by atoms with Crippen LogP contribution in [0.1, 0.15) is 52.1 Å². The fraction of sp³-hybridized carbons (Fsp3) is 0.696. The molecule has 1 aromatic rings. The van der Waals surface area contributed by atoms with E-state index in [0.29, 0.717) is 57.9 Å². The summed E-state index contributed by atoms with van der Waals surface area (Å²) in [7, 11) is 0. The van der Waals surface area contributed by atoms with Gasteiger partial charge in [-0.15, -0.1) is 0 Å². The maximum absolute atomic E-state index is 14.3. The highest BCUT2D eigenvalue weighted by molar-refractivity contribution is 5.68. The molecule has 0 aliphatic carbocycles. The molecule has 1 aromatic carbocycles. The van der Waals surface area contributed by atoms with Crippen molar-refractivity contribution >= 4 is 11.8 Å². The van der Waals surface area contributed by atoms with Crippen molar-refractivity contribution in [3.8, 4) is 0 Å². The molecular formula is C23H34F3N3O3. The number of nitrogens with zero attached hydrogens (tertiary/aromatic N) is 2. The zero-order chi connectivity index (χ0) is 23.6. The molecule has 32 heavy (non-hydrogen) atoms. The number of amides is 1. The van der Waals surface area contributed by atoms with Crippen molar-refractivity contribution in [3.05, 3.63) is 29.8 Å². The Morgan fingerprint density at radius 1 is 1.09 bits per heavy atom. The number of benzene rings is 1. The van der Waals surface area contributed by atoms with Gasteiger partial charge in [0.15, 0.2) is 0 Å². The number of anilines is 1. The van der Waals surface area contributed by atoms with Gasteiger partial charge in [-0.3, -0.25) is 5.32 Å². The summed E-state index contributed by atoms with van der Waals surface area (Å²) in [6.07, 6.45) is -4.09. The maximum Gasteiger partial charge on any atom is 0.410 e. The minimum atomic E-state index is -4.46. The third-order valence-electron chi connectivity index (χ3n) is 5.94. The Morgan fingerprint density at radius 2 is 1.69 bits per heavy atom. The summed E-state index contributed by atoms with van der Waals surface area (Å²) in [5.74, 6) is 0. The number of halogens is 3. The Kier molecular flexibility index (Phi) is 7.29. The molecule has 9 heteroatoms. The van der Waals surface area contributed by atoms with Crippen LogP contribution in [0.5, 0.6) is 0 Å². The largest absolute Gasteiger partial charge is 0.444 e. The molecule has 2 fully saturated rings. The van der Waals surface area contributed by atoms with Gasteiger partial charge in [0.1, 0.15) is 11.6 Å². The first-order valence-corrected chi connectivity index (χ1v) is 11.1. The Hall–Kier alpha value is -2.00. The smallest absolute Gasteiger partial charge is 0.410 e. The molecular weight excluding hydrogens is 423 g/mol. The number of morpholine rings is 1. The summed E-state index contributed by atoms with van der Waals surface area (Å²) in [5, 5.41) is 2.91. The van der Waals surface area contributed by atoms with E-state index in [1.54, 1.807) is 56.9 Å². The van der Waals surface area contributed by atoms with E-state index < -0.39 is 29.5 Å². The highest BCUT2D eigenvalue weighted by Gasteiger charge is 2.46. The molecule has 1 amide bonds. The van der Waals surface area contributed by atoms with Gasteiger partial charge in [0.2, 0.25) is 0 Å². The summed E-state index contributed by atoms with van der Waals surface area (Å²) in [6.45, 7) is 9.97. The molecule has 1 unspecified atom stereocenters. The van der Waals surface area contributed by atoms with Crippen LogP contribution < -0.4 is 10.2 Å². The second-order valence-electron chi connectivity index (χ2n) is 9.81. The summed E-state index contributed by atoms with van der Waals surface area (Å²) < 4.78 is 53.6. The number of para-hydroxylation sites is 1. The second-order valence-corrected chi connectivity index (χ2v) is 9.81. The van der Waals surface area contributed by atoms with Gasteiger partial charge < -0.3 is 19.3 Å². The summed E-state index contributed by atoms with van der Waals surface area (Å²) >= 11 is 0. The van der Waals surface area contributed by atoms with E-state index in [4.69, 9.17) is 9.47 Å². The van der Waals surface area contributed by atoms with Crippen LogP contribution in [-0.4, -0.2) is 67.7 Å². The first kappa shape index (κ1) is 24.6. The molecule has 0 aromatic heterocycles. The van der Waals surface area contributed by atoms with E-state index in [1.165, 1.54) is 0 Å². The van der Waals surface area contributed by atoms with Crippen molar-refractivity contribution in [2.24, 2.45) is 0 Å². The number of nitrogens with one attached hydrogen (secondary N) is 1. The second kappa shape index (κ2) is 9.47. The average Bonchev–Trinajstić information content (AvgIpc) is 2.71. The van der Waals surface area contributed by atoms with Gasteiger partial charge in [-0.25, -0.2) is 4.79 Å². The first-order chi connectivity index (χ1) is 14.9. The van der Waals surface area contributed by atoms with Crippen LogP contribution in [0.3, 0.4) is 0 Å². The quantitative estimate of drug-likeness (QED) is 0.721. The molecule has 0 saturated carbocycles. The van der Waals surface area contributed by atoms with Crippen molar-refractivity contribution in [2.45, 2.75) is 63.9 Å². The minimum Gasteiger partial charge on any atom is -0.444 e. The van der Waals surface area contributed by atoms with Gasteiger partial charge >= 0.3 is 12.3 Å². The molecule has 0 bridgehead atoms. The predicted octanol–water partition coefficient (Wildman–Crippen LogP) is 4.51. The lowest BCUT2D eigenvalue weighted by Gasteiger charge is -2.43. The molecule has 2 heterocycles. The highest BCUT2D eigenvalue weighted by Crippen LogP contribution is 2.40. The topological polar surface area (TPSA) is 54.0 Å². The fourth-order valence-electron chi connectivity index (χ4n) is 4.16. The summed E-state index contributed by atoms with van der Waals surface area (Å²) in [4.78, 5) is 15.9. The molecule has 3 rings (SSSR count). The lowest BCUT2D eigenvalue weighted by atomic mass is 9.87. The number of rotatable bonds is 4. The molecule has 2 saturated heterocycles. The molecule has 1 atom stereocenters.